The van der Waals surface area contributed by atoms with Crippen molar-refractivity contribution >= 4 is 11.8 Å². The number of carbonyl (C=O) groups is 1. The van der Waals surface area contributed by atoms with Crippen LogP contribution in [-0.4, -0.2) is 44.0 Å². The SMILES string of the molecule is CC(C)(C)OC(=O)NCC(CN)N1CCCOc2ccccc21. The van der Waals surface area contributed by atoms with Crippen LogP contribution in [0.3, 0.4) is 0 Å². The Kier molecular flexibility index (Phi) is 5.71. The van der Waals surface area contributed by atoms with E-state index in [-0.39, 0.29) is 6.04 Å². The van der Waals surface area contributed by atoms with E-state index in [4.69, 9.17) is 15.2 Å². The molecule has 1 aromatic carbocycles. The molecule has 0 aromatic heterocycles. The lowest BCUT2D eigenvalue weighted by atomic mass is 10.1. The Labute approximate surface area is 137 Å². The number of benzene rings is 1. The van der Waals surface area contributed by atoms with Gasteiger partial charge in [-0.3, -0.25) is 0 Å². The zero-order chi connectivity index (χ0) is 16.9. The second-order valence-electron chi connectivity index (χ2n) is 6.64. The number of nitrogens with one attached hydrogen (secondary N) is 1. The summed E-state index contributed by atoms with van der Waals surface area (Å²) < 4.78 is 11.1. The van der Waals surface area contributed by atoms with E-state index in [1.165, 1.54) is 0 Å². The van der Waals surface area contributed by atoms with Gasteiger partial charge < -0.3 is 25.4 Å². The predicted octanol–water partition coefficient (Wildman–Crippen LogP) is 2.13. The van der Waals surface area contributed by atoms with Crippen LogP contribution in [0, 0.1) is 0 Å². The molecule has 1 aliphatic rings. The molecule has 1 atom stereocenters. The highest BCUT2D eigenvalue weighted by Gasteiger charge is 2.24. The Bertz CT molecular complexity index is 528. The van der Waals surface area contributed by atoms with E-state index >= 15 is 0 Å². The van der Waals surface area contributed by atoms with Crippen LogP contribution in [0.4, 0.5) is 10.5 Å². The van der Waals surface area contributed by atoms with Gasteiger partial charge in [0.1, 0.15) is 11.4 Å². The number of nitrogens with two attached hydrogens (primary N) is 1. The minimum Gasteiger partial charge on any atom is -0.491 e. The molecule has 0 saturated carbocycles. The fraction of sp³-hybridized carbons (Fsp3) is 0.588. The highest BCUT2D eigenvalue weighted by atomic mass is 16.6. The molecular formula is C17H27N3O3. The Hall–Kier alpha value is -1.95. The van der Waals surface area contributed by atoms with Gasteiger partial charge in [-0.2, -0.15) is 0 Å². The summed E-state index contributed by atoms with van der Waals surface area (Å²) in [6, 6.07) is 7.92. The lowest BCUT2D eigenvalue weighted by Crippen LogP contribution is -2.49. The second kappa shape index (κ2) is 7.55. The normalized spacial score (nSPS) is 15.9. The van der Waals surface area contributed by atoms with Crippen molar-refractivity contribution in [1.29, 1.82) is 0 Å². The van der Waals surface area contributed by atoms with Crippen molar-refractivity contribution in [3.05, 3.63) is 24.3 Å². The van der Waals surface area contributed by atoms with E-state index in [0.29, 0.717) is 19.7 Å². The predicted molar refractivity (Wildman–Crippen MR) is 91.0 cm³/mol. The summed E-state index contributed by atoms with van der Waals surface area (Å²) in [6.45, 7) is 7.92. The van der Waals surface area contributed by atoms with Crippen LogP contribution in [0.15, 0.2) is 24.3 Å². The van der Waals surface area contributed by atoms with E-state index in [0.717, 1.165) is 24.4 Å². The molecule has 0 saturated heterocycles. The van der Waals surface area contributed by atoms with Gasteiger partial charge in [-0.25, -0.2) is 4.79 Å². The third-order valence-electron chi connectivity index (χ3n) is 3.57. The summed E-state index contributed by atoms with van der Waals surface area (Å²) in [4.78, 5) is 14.1. The lowest BCUT2D eigenvalue weighted by Gasteiger charge is -2.32. The van der Waals surface area contributed by atoms with E-state index < -0.39 is 11.7 Å². The summed E-state index contributed by atoms with van der Waals surface area (Å²) in [6.07, 6.45) is 0.493. The molecule has 0 radical (unpaired) electrons. The van der Waals surface area contributed by atoms with Gasteiger partial charge >= 0.3 is 6.09 Å². The summed E-state index contributed by atoms with van der Waals surface area (Å²) >= 11 is 0. The first-order valence-corrected chi connectivity index (χ1v) is 8.06. The number of nitrogens with zero attached hydrogens (tertiary/aromatic N) is 1. The highest BCUT2D eigenvalue weighted by molar-refractivity contribution is 5.68. The number of amides is 1. The molecule has 3 N–H and O–H groups in total. The van der Waals surface area contributed by atoms with Crippen LogP contribution < -0.4 is 20.7 Å². The maximum absolute atomic E-state index is 11.9. The second-order valence-corrected chi connectivity index (χ2v) is 6.64. The van der Waals surface area contributed by atoms with Crippen molar-refractivity contribution in [2.45, 2.75) is 38.8 Å². The molecule has 128 valence electrons. The topological polar surface area (TPSA) is 76.8 Å². The third-order valence-corrected chi connectivity index (χ3v) is 3.57. The molecule has 0 spiro atoms. The summed E-state index contributed by atoms with van der Waals surface area (Å²) in [5.41, 5.74) is 6.46. The maximum Gasteiger partial charge on any atom is 0.407 e. The van der Waals surface area contributed by atoms with Gasteiger partial charge in [0.2, 0.25) is 0 Å². The lowest BCUT2D eigenvalue weighted by molar-refractivity contribution is 0.0524. The molecule has 0 fully saturated rings. The molecule has 0 aliphatic carbocycles. The van der Waals surface area contributed by atoms with Gasteiger partial charge in [0.15, 0.2) is 0 Å². The Balaban J connectivity index is 2.04. The van der Waals surface area contributed by atoms with Gasteiger partial charge in [-0.15, -0.1) is 0 Å². The van der Waals surface area contributed by atoms with Crippen LogP contribution in [-0.2, 0) is 4.74 Å². The van der Waals surface area contributed by atoms with Gasteiger partial charge in [0.05, 0.1) is 18.3 Å². The minimum atomic E-state index is -0.509. The maximum atomic E-state index is 11.9. The molecule has 1 aliphatic heterocycles. The van der Waals surface area contributed by atoms with Crippen molar-refractivity contribution in [3.63, 3.8) is 0 Å². The van der Waals surface area contributed by atoms with E-state index in [2.05, 4.69) is 10.2 Å². The number of anilines is 1. The zero-order valence-electron chi connectivity index (χ0n) is 14.2. The van der Waals surface area contributed by atoms with Crippen molar-refractivity contribution in [2.24, 2.45) is 5.73 Å². The van der Waals surface area contributed by atoms with Crippen LogP contribution in [0.2, 0.25) is 0 Å². The first-order valence-electron chi connectivity index (χ1n) is 8.06. The molecule has 23 heavy (non-hydrogen) atoms. The number of rotatable bonds is 4. The summed E-state index contributed by atoms with van der Waals surface area (Å²) in [5.74, 6) is 0.862. The van der Waals surface area contributed by atoms with Crippen molar-refractivity contribution in [3.8, 4) is 5.75 Å². The van der Waals surface area contributed by atoms with E-state index in [1.54, 1.807) is 0 Å². The monoisotopic (exact) mass is 321 g/mol. The van der Waals surface area contributed by atoms with E-state index in [1.807, 2.05) is 45.0 Å². The van der Waals surface area contributed by atoms with Crippen LogP contribution in [0.5, 0.6) is 5.75 Å². The van der Waals surface area contributed by atoms with Crippen molar-refractivity contribution in [2.75, 3.05) is 31.1 Å². The zero-order valence-corrected chi connectivity index (χ0v) is 14.2. The standard InChI is InChI=1S/C17H27N3O3/c1-17(2,3)23-16(21)19-12-13(11-18)20-9-6-10-22-15-8-5-4-7-14(15)20/h4-5,7-8,13H,6,9-12,18H2,1-3H3,(H,19,21). The molecule has 1 aromatic rings. The molecule has 1 heterocycles. The average Bonchev–Trinajstić information content (AvgIpc) is 2.69. The van der Waals surface area contributed by atoms with Crippen LogP contribution >= 0.6 is 0 Å². The Morgan fingerprint density at radius 1 is 1.43 bits per heavy atom. The third kappa shape index (κ3) is 5.03. The minimum absolute atomic E-state index is 0.00892. The summed E-state index contributed by atoms with van der Waals surface area (Å²) in [5, 5.41) is 2.82. The van der Waals surface area contributed by atoms with Gasteiger partial charge in [-0.05, 0) is 39.3 Å². The number of carbonyl (C=O) groups excluding carboxylic acids is 1. The Morgan fingerprint density at radius 2 is 2.17 bits per heavy atom. The highest BCUT2D eigenvalue weighted by Crippen LogP contribution is 2.31. The number of fused-ring (bicyclic) bond motifs is 1. The Morgan fingerprint density at radius 3 is 2.87 bits per heavy atom. The largest absolute Gasteiger partial charge is 0.491 e. The van der Waals surface area contributed by atoms with Gasteiger partial charge in [0, 0.05) is 19.6 Å². The number of hydrogen-bond donors (Lipinski definition) is 2. The van der Waals surface area contributed by atoms with Crippen LogP contribution in [0.1, 0.15) is 27.2 Å². The molecule has 6 heteroatoms. The quantitative estimate of drug-likeness (QED) is 0.888. The van der Waals surface area contributed by atoms with E-state index in [9.17, 15) is 4.79 Å². The average molecular weight is 321 g/mol. The fourth-order valence-electron chi connectivity index (χ4n) is 2.57. The molecule has 1 amide bonds. The number of ether oxygens (including phenoxy) is 2. The first-order chi connectivity index (χ1) is 10.9. The molecular weight excluding hydrogens is 294 g/mol. The number of para-hydroxylation sites is 2. The van der Waals surface area contributed by atoms with Gasteiger partial charge in [-0.1, -0.05) is 12.1 Å². The fourth-order valence-corrected chi connectivity index (χ4v) is 2.57. The number of hydrogen-bond acceptors (Lipinski definition) is 5. The molecule has 0 bridgehead atoms. The summed E-state index contributed by atoms with van der Waals surface area (Å²) in [7, 11) is 0. The molecule has 2 rings (SSSR count). The van der Waals surface area contributed by atoms with Gasteiger partial charge in [0.25, 0.3) is 0 Å². The number of alkyl carbamates (subject to hydrolysis) is 1. The molecule has 1 unspecified atom stereocenters. The molecule has 6 nitrogen and oxygen atoms in total. The smallest absolute Gasteiger partial charge is 0.407 e. The van der Waals surface area contributed by atoms with Crippen molar-refractivity contribution in [1.82, 2.24) is 5.32 Å². The van der Waals surface area contributed by atoms with Crippen LogP contribution in [0.25, 0.3) is 0 Å². The van der Waals surface area contributed by atoms with Crippen molar-refractivity contribution < 1.29 is 14.3 Å². The first kappa shape index (κ1) is 17.4.